The van der Waals surface area contributed by atoms with Crippen LogP contribution in [0.2, 0.25) is 0 Å². The maximum absolute atomic E-state index is 8.91. The molecule has 10 nitrogen and oxygen atoms in total. The van der Waals surface area contributed by atoms with Crippen LogP contribution in [0.15, 0.2) is 0 Å². The van der Waals surface area contributed by atoms with Gasteiger partial charge in [-0.1, -0.05) is 0 Å². The van der Waals surface area contributed by atoms with Crippen molar-refractivity contribution in [2.75, 3.05) is 0 Å². The number of hydrogen-bond donors (Lipinski definition) is 1. The maximum Gasteiger partial charge on any atom is 0.208 e. The fourth-order valence-corrected chi connectivity index (χ4v) is 0. The topological polar surface area (TPSA) is 191 Å². The van der Waals surface area contributed by atoms with Crippen molar-refractivity contribution in [3.63, 3.8) is 0 Å². The van der Waals surface area contributed by atoms with Crippen molar-refractivity contribution in [2.45, 2.75) is 0 Å². The summed E-state index contributed by atoms with van der Waals surface area (Å²) in [5.74, 6) is 0. The number of nitrogens with zero attached hydrogens (tertiary/aromatic N) is 1. The Hall–Kier alpha value is -0.491. The van der Waals surface area contributed by atoms with Crippen LogP contribution in [-0.4, -0.2) is 18.1 Å². The van der Waals surface area contributed by atoms with Crippen molar-refractivity contribution in [1.29, 1.82) is 0 Å². The van der Waals surface area contributed by atoms with Crippen LogP contribution in [0.5, 0.6) is 0 Å². The molecule has 0 atom stereocenters. The van der Waals surface area contributed by atoms with Gasteiger partial charge in [0.2, 0.25) is 10.4 Å². The van der Waals surface area contributed by atoms with Gasteiger partial charge in [-0.05, 0) is 0 Å². The van der Waals surface area contributed by atoms with E-state index in [9.17, 15) is 0 Å². The molecule has 3 N–H and O–H groups in total. The fourth-order valence-electron chi connectivity index (χ4n) is 0. The Balaban J connectivity index is -0.0000000483. The number of hydrogen-bond acceptors (Lipinski definition) is 9. The third-order valence-corrected chi connectivity index (χ3v) is 0.250. The van der Waals surface area contributed by atoms with Gasteiger partial charge in [-0.25, -0.2) is 8.42 Å². The largest absolute Gasteiger partial charge is 0.726 e. The first-order valence-corrected chi connectivity index (χ1v) is 2.71. The van der Waals surface area contributed by atoms with Gasteiger partial charge < -0.3 is 35.6 Å². The molecule has 0 aromatic rings. The van der Waals surface area contributed by atoms with Crippen molar-refractivity contribution < 1.29 is 44.7 Å². The summed E-state index contributed by atoms with van der Waals surface area (Å²) in [6, 6.07) is 0. The quantitative estimate of drug-likeness (QED) is 0.132. The molecule has 12 heavy (non-hydrogen) atoms. The van der Waals surface area contributed by atoms with E-state index in [1.54, 1.807) is 0 Å². The van der Waals surface area contributed by atoms with E-state index < -0.39 is 15.5 Å². The normalized spacial score (nSPS) is 7.83. The molecule has 0 saturated carbocycles. The standard InChI is InChI=1S/Fe.NO3.H3N.H2O5S/c;2-1(3)4;;1-5-6(2,3)4/h;;1H3;1H,(H,2,3,4)/q;-1;;/p-2. The van der Waals surface area contributed by atoms with Crippen molar-refractivity contribution in [2.24, 2.45) is 0 Å². The van der Waals surface area contributed by atoms with Gasteiger partial charge in [0.25, 0.3) is 0 Å². The molecule has 0 aliphatic heterocycles. The molecule has 0 spiro atoms. The van der Waals surface area contributed by atoms with Crippen LogP contribution in [-0.2, 0) is 31.8 Å². The van der Waals surface area contributed by atoms with Gasteiger partial charge in [-0.15, -0.1) is 0 Å². The molecule has 78 valence electrons. The third-order valence-electron chi connectivity index (χ3n) is 0.0833. The minimum Gasteiger partial charge on any atom is -0.726 e. The van der Waals surface area contributed by atoms with Gasteiger partial charge >= 0.3 is 0 Å². The molecule has 0 aromatic heterocycles. The molecule has 0 aliphatic rings. The zero-order chi connectivity index (χ0) is 8.78. The van der Waals surface area contributed by atoms with E-state index in [1.165, 1.54) is 0 Å². The molecular weight excluding hydrogens is 244 g/mol. The van der Waals surface area contributed by atoms with Gasteiger partial charge in [0.05, 0.1) is 5.09 Å². The Bertz CT molecular complexity index is 179. The van der Waals surface area contributed by atoms with Crippen LogP contribution in [0.1, 0.15) is 0 Å². The van der Waals surface area contributed by atoms with E-state index in [4.69, 9.17) is 33.5 Å². The molecule has 0 aliphatic carbocycles. The van der Waals surface area contributed by atoms with Crippen LogP contribution in [0.3, 0.4) is 0 Å². The maximum atomic E-state index is 8.91. The Morgan fingerprint density at radius 3 is 1.33 bits per heavy atom. The Kier molecular flexibility index (Phi) is 19.7. The zero-order valence-electron chi connectivity index (χ0n) is 5.18. The summed E-state index contributed by atoms with van der Waals surface area (Å²) in [5, 5.41) is 23.3. The first kappa shape index (κ1) is 22.5. The van der Waals surface area contributed by atoms with Crippen molar-refractivity contribution in [3.8, 4) is 0 Å². The summed E-state index contributed by atoms with van der Waals surface area (Å²) in [6.07, 6.45) is 0. The summed E-state index contributed by atoms with van der Waals surface area (Å²) in [6.45, 7) is 0. The van der Waals surface area contributed by atoms with E-state index in [2.05, 4.69) is 4.33 Å². The molecule has 0 radical (unpaired) electrons. The van der Waals surface area contributed by atoms with Crippen molar-refractivity contribution >= 4 is 10.4 Å². The Morgan fingerprint density at radius 2 is 1.33 bits per heavy atom. The van der Waals surface area contributed by atoms with Crippen molar-refractivity contribution in [1.82, 2.24) is 6.15 Å². The fraction of sp³-hybridized carbons (Fsp3) is 0. The van der Waals surface area contributed by atoms with Crippen molar-refractivity contribution in [3.05, 3.63) is 15.3 Å². The molecule has 0 heterocycles. The minimum atomic E-state index is -4.97. The monoisotopic (exact) mass is 247 g/mol. The summed E-state index contributed by atoms with van der Waals surface area (Å²) in [4.78, 5) is 8.25. The van der Waals surface area contributed by atoms with E-state index in [0.717, 1.165) is 0 Å². The molecule has 0 bridgehead atoms. The predicted octanol–water partition coefficient (Wildman–Crippen LogP) is -2.34. The Morgan fingerprint density at radius 1 is 1.25 bits per heavy atom. The van der Waals surface area contributed by atoms with Gasteiger partial charge in [0.15, 0.2) is 0 Å². The van der Waals surface area contributed by atoms with E-state index >= 15 is 0 Å². The summed E-state index contributed by atoms with van der Waals surface area (Å²) in [5.41, 5.74) is 0. The average Bonchev–Trinajstić information content (AvgIpc) is 1.63. The zero-order valence-corrected chi connectivity index (χ0v) is 7.10. The van der Waals surface area contributed by atoms with E-state index in [-0.39, 0.29) is 23.2 Å². The molecule has 0 amide bonds. The van der Waals surface area contributed by atoms with E-state index in [0.29, 0.717) is 0 Å². The first-order valence-electron chi connectivity index (χ1n) is 1.38. The molecular formula is H3FeN2O8S-3. The van der Waals surface area contributed by atoms with Gasteiger partial charge in [-0.3, -0.25) is 0 Å². The van der Waals surface area contributed by atoms with Gasteiger partial charge in [0.1, 0.15) is 0 Å². The molecule has 12 heteroatoms. The van der Waals surface area contributed by atoms with Crippen LogP contribution in [0.25, 0.3) is 0 Å². The summed E-state index contributed by atoms with van der Waals surface area (Å²) < 4.78 is 28.8. The smallest absolute Gasteiger partial charge is 0.208 e. The molecule has 0 rings (SSSR count). The molecule has 0 unspecified atom stereocenters. The van der Waals surface area contributed by atoms with E-state index in [1.807, 2.05) is 0 Å². The van der Waals surface area contributed by atoms with Crippen LogP contribution in [0, 0.1) is 15.3 Å². The SMILES string of the molecule is N.O=S(=O)([O-])O[O-].O=[N+]([O-])[O-].[Fe]. The minimum absolute atomic E-state index is 0. The molecule has 0 fully saturated rings. The summed E-state index contributed by atoms with van der Waals surface area (Å²) >= 11 is 0. The van der Waals surface area contributed by atoms with Crippen LogP contribution in [0.4, 0.5) is 0 Å². The first-order chi connectivity index (χ1) is 4.29. The van der Waals surface area contributed by atoms with Gasteiger partial charge in [0, 0.05) is 17.1 Å². The Labute approximate surface area is 77.2 Å². The molecule has 0 saturated heterocycles. The second-order valence-electron chi connectivity index (χ2n) is 0.700. The predicted molar refractivity (Wildman–Crippen MR) is 26.2 cm³/mol. The van der Waals surface area contributed by atoms with Crippen LogP contribution < -0.4 is 11.4 Å². The van der Waals surface area contributed by atoms with Crippen LogP contribution >= 0.6 is 0 Å². The third kappa shape index (κ3) is 109. The molecule has 0 aromatic carbocycles. The summed E-state index contributed by atoms with van der Waals surface area (Å²) in [7, 11) is -4.97. The average molecular weight is 247 g/mol. The number of rotatable bonds is 1. The second kappa shape index (κ2) is 10.5. The second-order valence-corrected chi connectivity index (χ2v) is 1.65. The van der Waals surface area contributed by atoms with Gasteiger partial charge in [-0.2, -0.15) is 0 Å².